The van der Waals surface area contributed by atoms with Crippen LogP contribution in [0.5, 0.6) is 0 Å². The summed E-state index contributed by atoms with van der Waals surface area (Å²) in [6.45, 7) is 3.83. The van der Waals surface area contributed by atoms with E-state index in [2.05, 4.69) is 10.1 Å². The summed E-state index contributed by atoms with van der Waals surface area (Å²) in [5, 5.41) is 4.06. The molecule has 2 aromatic heterocycles. The highest BCUT2D eigenvalue weighted by Crippen LogP contribution is 2.26. The zero-order chi connectivity index (χ0) is 18.1. The number of fused-ring (bicyclic) bond motifs is 1. The first-order chi connectivity index (χ1) is 12.6. The third-order valence-corrected chi connectivity index (χ3v) is 5.58. The quantitative estimate of drug-likeness (QED) is 0.840. The number of carbonyl (C=O) groups excluding carboxylic acids is 1. The molecule has 1 aliphatic heterocycles. The Kier molecular flexibility index (Phi) is 4.61. The highest BCUT2D eigenvalue weighted by molar-refractivity contribution is 5.94. The minimum absolute atomic E-state index is 0.00950. The van der Waals surface area contributed by atoms with E-state index < -0.39 is 0 Å². The minimum Gasteiger partial charge on any atom is -0.360 e. The van der Waals surface area contributed by atoms with Gasteiger partial charge in [-0.2, -0.15) is 0 Å². The van der Waals surface area contributed by atoms with E-state index in [1.807, 2.05) is 4.90 Å². The monoisotopic (exact) mass is 356 g/mol. The van der Waals surface area contributed by atoms with Crippen LogP contribution in [0, 0.1) is 12.8 Å². The van der Waals surface area contributed by atoms with Gasteiger partial charge in [0.05, 0.1) is 6.33 Å². The Bertz CT molecular complexity index is 862. The van der Waals surface area contributed by atoms with E-state index in [0.717, 1.165) is 49.8 Å². The van der Waals surface area contributed by atoms with Gasteiger partial charge < -0.3 is 9.42 Å². The molecule has 2 aliphatic rings. The summed E-state index contributed by atoms with van der Waals surface area (Å²) in [6.07, 6.45) is 8.94. The molecular formula is C19H24N4O3. The lowest BCUT2D eigenvalue weighted by molar-refractivity contribution is 0.0671. The Morgan fingerprint density at radius 2 is 2.04 bits per heavy atom. The normalized spacial score (nSPS) is 18.0. The number of hydrogen-bond acceptors (Lipinski definition) is 5. The first-order valence-corrected chi connectivity index (χ1v) is 9.41. The zero-order valence-electron chi connectivity index (χ0n) is 15.1. The number of carbonyl (C=O) groups is 1. The lowest BCUT2D eigenvalue weighted by Gasteiger charge is -2.32. The van der Waals surface area contributed by atoms with E-state index in [1.165, 1.54) is 0 Å². The Morgan fingerprint density at radius 3 is 2.85 bits per heavy atom. The van der Waals surface area contributed by atoms with Crippen molar-refractivity contribution in [2.45, 2.75) is 52.0 Å². The fourth-order valence-electron chi connectivity index (χ4n) is 3.99. The molecule has 0 aromatic carbocycles. The molecule has 7 nitrogen and oxygen atoms in total. The number of aryl methyl sites for hydroxylation is 2. The third-order valence-electron chi connectivity index (χ3n) is 5.58. The van der Waals surface area contributed by atoms with Gasteiger partial charge in [0.25, 0.3) is 11.5 Å². The molecule has 0 N–H and O–H groups in total. The Hall–Kier alpha value is -2.44. The van der Waals surface area contributed by atoms with Gasteiger partial charge in [-0.3, -0.25) is 14.2 Å². The van der Waals surface area contributed by atoms with Crippen molar-refractivity contribution in [3.63, 3.8) is 0 Å². The fourth-order valence-corrected chi connectivity index (χ4v) is 3.99. The summed E-state index contributed by atoms with van der Waals surface area (Å²) in [5.74, 6) is 1.26. The first-order valence-electron chi connectivity index (χ1n) is 9.41. The molecule has 1 fully saturated rings. The largest absolute Gasteiger partial charge is 0.360 e. The summed E-state index contributed by atoms with van der Waals surface area (Å²) in [7, 11) is 0. The van der Waals surface area contributed by atoms with E-state index in [4.69, 9.17) is 4.52 Å². The van der Waals surface area contributed by atoms with Crippen molar-refractivity contribution in [2.75, 3.05) is 13.1 Å². The molecular weight excluding hydrogens is 332 g/mol. The number of rotatable bonds is 3. The van der Waals surface area contributed by atoms with E-state index >= 15 is 0 Å². The maximum Gasteiger partial charge on any atom is 0.276 e. The number of likely N-dealkylation sites (tertiary alicyclic amines) is 1. The summed E-state index contributed by atoms with van der Waals surface area (Å²) in [4.78, 5) is 31.0. The molecule has 1 saturated heterocycles. The van der Waals surface area contributed by atoms with Crippen LogP contribution in [0.3, 0.4) is 0 Å². The van der Waals surface area contributed by atoms with Gasteiger partial charge in [0.1, 0.15) is 5.76 Å². The SMILES string of the molecule is Cc1cncn(CC2CCN(C(=O)c3noc4c3CCCC4)CC2)c1=O. The van der Waals surface area contributed by atoms with Gasteiger partial charge in [0, 0.05) is 43.4 Å². The maximum absolute atomic E-state index is 12.8. The van der Waals surface area contributed by atoms with Gasteiger partial charge in [-0.1, -0.05) is 5.16 Å². The van der Waals surface area contributed by atoms with Crippen molar-refractivity contribution in [1.29, 1.82) is 0 Å². The molecule has 0 bridgehead atoms. The van der Waals surface area contributed by atoms with Crippen LogP contribution in [-0.2, 0) is 19.4 Å². The molecule has 2 aromatic rings. The van der Waals surface area contributed by atoms with E-state index in [-0.39, 0.29) is 11.5 Å². The van der Waals surface area contributed by atoms with Crippen LogP contribution in [0.15, 0.2) is 21.8 Å². The van der Waals surface area contributed by atoms with Crippen molar-refractivity contribution in [1.82, 2.24) is 19.6 Å². The van der Waals surface area contributed by atoms with Gasteiger partial charge in [0.2, 0.25) is 0 Å². The number of nitrogens with zero attached hydrogens (tertiary/aromatic N) is 4. The van der Waals surface area contributed by atoms with Crippen molar-refractivity contribution >= 4 is 5.91 Å². The molecule has 138 valence electrons. The average molecular weight is 356 g/mol. The van der Waals surface area contributed by atoms with Gasteiger partial charge >= 0.3 is 0 Å². The summed E-state index contributed by atoms with van der Waals surface area (Å²) in [5.41, 5.74) is 2.21. The van der Waals surface area contributed by atoms with E-state index in [1.54, 1.807) is 24.0 Å². The molecule has 0 radical (unpaired) electrons. The topological polar surface area (TPSA) is 81.2 Å². The molecule has 7 heteroatoms. The fraction of sp³-hybridized carbons (Fsp3) is 0.579. The Morgan fingerprint density at radius 1 is 1.27 bits per heavy atom. The number of piperidine rings is 1. The molecule has 26 heavy (non-hydrogen) atoms. The Labute approximate surface area is 152 Å². The number of aromatic nitrogens is 3. The lowest BCUT2D eigenvalue weighted by Crippen LogP contribution is -2.40. The van der Waals surface area contributed by atoms with Crippen molar-refractivity contribution in [3.8, 4) is 0 Å². The van der Waals surface area contributed by atoms with Crippen LogP contribution in [-0.4, -0.2) is 38.6 Å². The van der Waals surface area contributed by atoms with Crippen molar-refractivity contribution in [3.05, 3.63) is 45.5 Å². The zero-order valence-corrected chi connectivity index (χ0v) is 15.1. The second-order valence-corrected chi connectivity index (χ2v) is 7.41. The van der Waals surface area contributed by atoms with Gasteiger partial charge in [-0.05, 0) is 44.9 Å². The van der Waals surface area contributed by atoms with Crippen LogP contribution in [0.2, 0.25) is 0 Å². The molecule has 0 spiro atoms. The molecule has 1 aliphatic carbocycles. The summed E-state index contributed by atoms with van der Waals surface area (Å²) < 4.78 is 7.07. The van der Waals surface area contributed by atoms with Crippen molar-refractivity contribution < 1.29 is 9.32 Å². The second kappa shape index (κ2) is 7.05. The standard InChI is InChI=1S/C19H24N4O3/c1-13-10-20-12-23(18(13)24)11-14-6-8-22(9-7-14)19(25)17-15-4-2-3-5-16(15)26-21-17/h10,12,14H,2-9,11H2,1H3. The summed E-state index contributed by atoms with van der Waals surface area (Å²) >= 11 is 0. The average Bonchev–Trinajstić information content (AvgIpc) is 3.10. The van der Waals surface area contributed by atoms with Gasteiger partial charge in [-0.15, -0.1) is 0 Å². The Balaban J connectivity index is 1.39. The molecule has 0 unspecified atom stereocenters. The molecule has 1 amide bonds. The predicted octanol–water partition coefficient (Wildman–Crippen LogP) is 1.97. The predicted molar refractivity (Wildman–Crippen MR) is 95.0 cm³/mol. The van der Waals surface area contributed by atoms with Crippen LogP contribution >= 0.6 is 0 Å². The molecule has 0 atom stereocenters. The van der Waals surface area contributed by atoms with Crippen LogP contribution in [0.1, 0.15) is 53.1 Å². The maximum atomic E-state index is 12.8. The van der Waals surface area contributed by atoms with Gasteiger partial charge in [0.15, 0.2) is 5.69 Å². The highest BCUT2D eigenvalue weighted by Gasteiger charge is 2.30. The molecule has 0 saturated carbocycles. The van der Waals surface area contributed by atoms with Crippen LogP contribution in [0.25, 0.3) is 0 Å². The third kappa shape index (κ3) is 3.18. The second-order valence-electron chi connectivity index (χ2n) is 7.41. The minimum atomic E-state index is -0.00950. The van der Waals surface area contributed by atoms with Crippen LogP contribution < -0.4 is 5.56 Å². The van der Waals surface area contributed by atoms with E-state index in [9.17, 15) is 9.59 Å². The van der Waals surface area contributed by atoms with Crippen molar-refractivity contribution in [2.24, 2.45) is 5.92 Å². The number of amides is 1. The lowest BCUT2D eigenvalue weighted by atomic mass is 9.94. The molecule has 3 heterocycles. The van der Waals surface area contributed by atoms with E-state index in [0.29, 0.717) is 36.8 Å². The number of hydrogen-bond donors (Lipinski definition) is 0. The first kappa shape index (κ1) is 17.0. The smallest absolute Gasteiger partial charge is 0.276 e. The summed E-state index contributed by atoms with van der Waals surface area (Å²) in [6, 6.07) is 0. The molecule has 4 rings (SSSR count). The van der Waals surface area contributed by atoms with Gasteiger partial charge in [-0.25, -0.2) is 4.98 Å². The highest BCUT2D eigenvalue weighted by atomic mass is 16.5. The van der Waals surface area contributed by atoms with Crippen LogP contribution in [0.4, 0.5) is 0 Å².